The molecular weight excluding hydrogens is 670 g/mol. The molecule has 276 valence electrons. The van der Waals surface area contributed by atoms with E-state index in [1.165, 1.54) is 0 Å². The van der Waals surface area contributed by atoms with E-state index >= 15 is 0 Å². The second kappa shape index (κ2) is 15.5. The first-order chi connectivity index (χ1) is 24.3. The lowest BCUT2D eigenvalue weighted by molar-refractivity contribution is -0.151. The number of piperidine rings is 1. The predicted octanol–water partition coefficient (Wildman–Crippen LogP) is 5.56. The number of ether oxygens (including phenoxy) is 1. The third-order valence-electron chi connectivity index (χ3n) is 10.8. The van der Waals surface area contributed by atoms with Gasteiger partial charge in [0.15, 0.2) is 0 Å². The third kappa shape index (κ3) is 8.87. The number of anilines is 1. The number of likely N-dealkylation sites (tertiary alicyclic amines) is 3. The lowest BCUT2D eigenvalue weighted by Crippen LogP contribution is -2.44. The van der Waals surface area contributed by atoms with Crippen molar-refractivity contribution in [3.8, 4) is 0 Å². The number of nitrogens with zero attached hydrogens (tertiary/aromatic N) is 5. The van der Waals surface area contributed by atoms with Crippen LogP contribution in [0.5, 0.6) is 0 Å². The van der Waals surface area contributed by atoms with Crippen molar-refractivity contribution in [2.24, 2.45) is 17.8 Å². The summed E-state index contributed by atoms with van der Waals surface area (Å²) in [6.45, 7) is 15.8. The molecule has 4 heterocycles. The molecule has 0 saturated carbocycles. The molecule has 2 aromatic carbocycles. The summed E-state index contributed by atoms with van der Waals surface area (Å²) in [4.78, 5) is 65.7. The summed E-state index contributed by atoms with van der Waals surface area (Å²) >= 11 is 6.50. The lowest BCUT2D eigenvalue weighted by Gasteiger charge is -2.34. The first-order valence-electron chi connectivity index (χ1n) is 18.4. The summed E-state index contributed by atoms with van der Waals surface area (Å²) in [7, 11) is 0. The average Bonchev–Trinajstić information content (AvgIpc) is 3.66. The molecule has 12 heteroatoms. The second-order valence-corrected chi connectivity index (χ2v) is 16.1. The average molecular weight is 722 g/mol. The number of amides is 3. The summed E-state index contributed by atoms with van der Waals surface area (Å²) in [6, 6.07) is 11.7. The molecule has 3 amide bonds. The number of halogens is 1. The molecule has 2 aromatic rings. The number of hydrogen-bond acceptors (Lipinski definition) is 8. The van der Waals surface area contributed by atoms with E-state index in [4.69, 9.17) is 21.2 Å². The summed E-state index contributed by atoms with van der Waals surface area (Å²) in [5.74, 6) is 0.885. The van der Waals surface area contributed by atoms with E-state index in [1.807, 2.05) is 58.0 Å². The Balaban J connectivity index is 1.03. The van der Waals surface area contributed by atoms with E-state index in [2.05, 4.69) is 4.90 Å². The van der Waals surface area contributed by atoms with Crippen LogP contribution in [0.25, 0.3) is 0 Å². The minimum absolute atomic E-state index is 0.0342. The molecule has 0 spiro atoms. The molecule has 4 aliphatic rings. The Morgan fingerprint density at radius 3 is 2.29 bits per heavy atom. The van der Waals surface area contributed by atoms with Gasteiger partial charge in [0.2, 0.25) is 11.8 Å². The number of rotatable bonds is 8. The molecule has 0 N–H and O–H groups in total. The number of fused-ring (bicyclic) bond motifs is 2. The first kappa shape index (κ1) is 37.1. The quantitative estimate of drug-likeness (QED) is 0.327. The standard InChI is InChI=1S/C39H52ClN5O6/c1-26-10-11-32(20-35(26)40)45(36(47)29-12-17-42(18-13-29)27(2)46)16-7-15-41-21-30-23-43(24-31(30)22-41)37(48)33-9-6-8-28-14-19-44(25-34(28)33)51-38(49)50-39(3,4)5/h6,8-11,20,29-31H,7,12-19,21-25H2,1-5H3. The number of hydroxylamine groups is 2. The van der Waals surface area contributed by atoms with Gasteiger partial charge in [0, 0.05) is 81.5 Å². The van der Waals surface area contributed by atoms with Crippen LogP contribution in [-0.2, 0) is 32.1 Å². The van der Waals surface area contributed by atoms with Gasteiger partial charge in [0.05, 0.1) is 6.54 Å². The van der Waals surface area contributed by atoms with Crippen molar-refractivity contribution >= 4 is 41.2 Å². The summed E-state index contributed by atoms with van der Waals surface area (Å²) in [5.41, 5.74) is 3.84. The van der Waals surface area contributed by atoms with Crippen LogP contribution in [-0.4, -0.2) is 108 Å². The van der Waals surface area contributed by atoms with Crippen molar-refractivity contribution in [1.82, 2.24) is 19.8 Å². The predicted molar refractivity (Wildman–Crippen MR) is 195 cm³/mol. The van der Waals surface area contributed by atoms with Crippen LogP contribution in [0, 0.1) is 24.7 Å². The van der Waals surface area contributed by atoms with Crippen LogP contribution in [0.4, 0.5) is 10.5 Å². The Kier molecular flexibility index (Phi) is 11.3. The van der Waals surface area contributed by atoms with Gasteiger partial charge in [-0.05, 0) is 107 Å². The van der Waals surface area contributed by atoms with E-state index < -0.39 is 11.8 Å². The van der Waals surface area contributed by atoms with Crippen molar-refractivity contribution in [2.75, 3.05) is 63.8 Å². The molecular formula is C39H52ClN5O6. The molecule has 11 nitrogen and oxygen atoms in total. The maximum Gasteiger partial charge on any atom is 0.528 e. The minimum Gasteiger partial charge on any atom is -0.427 e. The van der Waals surface area contributed by atoms with E-state index in [0.717, 1.165) is 48.4 Å². The molecule has 0 aliphatic carbocycles. The number of hydrogen-bond donors (Lipinski definition) is 0. The zero-order valence-electron chi connectivity index (χ0n) is 30.7. The first-order valence-corrected chi connectivity index (χ1v) is 18.7. The highest BCUT2D eigenvalue weighted by atomic mass is 35.5. The number of carbonyl (C=O) groups is 4. The van der Waals surface area contributed by atoms with E-state index in [1.54, 1.807) is 32.8 Å². The fraction of sp³-hybridized carbons (Fsp3) is 0.590. The SMILES string of the molecule is CC(=O)N1CCC(C(=O)N(CCCN2CC3CN(C(=O)c4cccc5c4CN(OC(=O)OC(C)(C)C)CC5)CC3C2)c2ccc(C)c(Cl)c2)CC1. The number of benzene rings is 2. The van der Waals surface area contributed by atoms with Gasteiger partial charge in [-0.25, -0.2) is 4.79 Å². The Morgan fingerprint density at radius 1 is 0.941 bits per heavy atom. The molecule has 6 rings (SSSR count). The van der Waals surface area contributed by atoms with Gasteiger partial charge in [-0.15, -0.1) is 5.06 Å². The van der Waals surface area contributed by atoms with Gasteiger partial charge < -0.3 is 29.2 Å². The normalized spacial score (nSPS) is 21.3. The molecule has 4 aliphatic heterocycles. The van der Waals surface area contributed by atoms with E-state index in [0.29, 0.717) is 87.5 Å². The molecule has 0 radical (unpaired) electrons. The lowest BCUT2D eigenvalue weighted by atomic mass is 9.94. The van der Waals surface area contributed by atoms with Gasteiger partial charge in [0.1, 0.15) is 5.60 Å². The molecule has 0 aromatic heterocycles. The van der Waals surface area contributed by atoms with Crippen LogP contribution in [0.2, 0.25) is 5.02 Å². The van der Waals surface area contributed by atoms with Crippen LogP contribution in [0.15, 0.2) is 36.4 Å². The minimum atomic E-state index is -0.739. The maximum atomic E-state index is 13.9. The van der Waals surface area contributed by atoms with Gasteiger partial charge in [-0.3, -0.25) is 14.4 Å². The van der Waals surface area contributed by atoms with Crippen molar-refractivity contribution < 1.29 is 28.8 Å². The molecule has 2 unspecified atom stereocenters. The Labute approximate surface area is 306 Å². The zero-order valence-corrected chi connectivity index (χ0v) is 31.4. The zero-order chi connectivity index (χ0) is 36.4. The fourth-order valence-corrected chi connectivity index (χ4v) is 8.22. The van der Waals surface area contributed by atoms with Crippen LogP contribution < -0.4 is 4.90 Å². The van der Waals surface area contributed by atoms with Gasteiger partial charge in [-0.2, -0.15) is 0 Å². The molecule has 3 saturated heterocycles. The fourth-order valence-electron chi connectivity index (χ4n) is 8.05. The van der Waals surface area contributed by atoms with Crippen LogP contribution >= 0.6 is 11.6 Å². The van der Waals surface area contributed by atoms with Crippen LogP contribution in [0.3, 0.4) is 0 Å². The highest BCUT2D eigenvalue weighted by Crippen LogP contribution is 2.34. The van der Waals surface area contributed by atoms with Crippen molar-refractivity contribution in [3.63, 3.8) is 0 Å². The van der Waals surface area contributed by atoms with Crippen molar-refractivity contribution in [2.45, 2.75) is 72.4 Å². The maximum absolute atomic E-state index is 13.9. The van der Waals surface area contributed by atoms with Gasteiger partial charge >= 0.3 is 6.16 Å². The molecule has 51 heavy (non-hydrogen) atoms. The Bertz CT molecular complexity index is 1620. The summed E-state index contributed by atoms with van der Waals surface area (Å²) in [5, 5.41) is 2.23. The van der Waals surface area contributed by atoms with E-state index in [9.17, 15) is 19.2 Å². The largest absolute Gasteiger partial charge is 0.528 e. The Morgan fingerprint density at radius 2 is 1.65 bits per heavy atom. The highest BCUT2D eigenvalue weighted by Gasteiger charge is 2.42. The highest BCUT2D eigenvalue weighted by molar-refractivity contribution is 6.31. The summed E-state index contributed by atoms with van der Waals surface area (Å²) in [6.07, 6.45) is 2.10. The topological polar surface area (TPSA) is 103 Å². The molecule has 3 fully saturated rings. The summed E-state index contributed by atoms with van der Waals surface area (Å²) < 4.78 is 5.33. The van der Waals surface area contributed by atoms with Crippen LogP contribution in [0.1, 0.15) is 74.0 Å². The second-order valence-electron chi connectivity index (χ2n) is 15.7. The molecule has 2 atom stereocenters. The Hall–Kier alpha value is -3.67. The number of carbonyl (C=O) groups excluding carboxylic acids is 4. The number of aryl methyl sites for hydroxylation is 1. The monoisotopic (exact) mass is 721 g/mol. The third-order valence-corrected chi connectivity index (χ3v) is 11.2. The smallest absolute Gasteiger partial charge is 0.427 e. The van der Waals surface area contributed by atoms with Crippen molar-refractivity contribution in [1.29, 1.82) is 0 Å². The van der Waals surface area contributed by atoms with E-state index in [-0.39, 0.29) is 23.6 Å². The van der Waals surface area contributed by atoms with Crippen molar-refractivity contribution in [3.05, 3.63) is 63.7 Å². The molecule has 0 bridgehead atoms. The van der Waals surface area contributed by atoms with Gasteiger partial charge in [-0.1, -0.05) is 29.8 Å². The van der Waals surface area contributed by atoms with Gasteiger partial charge in [0.25, 0.3) is 5.91 Å².